The quantitative estimate of drug-likeness (QED) is 0.875. The van der Waals surface area contributed by atoms with E-state index in [1.54, 1.807) is 0 Å². The first-order chi connectivity index (χ1) is 10.3. The Balaban J connectivity index is 1.89. The smallest absolute Gasteiger partial charge is 0.306 e. The van der Waals surface area contributed by atoms with E-state index in [4.69, 9.17) is 4.74 Å². The van der Waals surface area contributed by atoms with Crippen LogP contribution in [0.3, 0.4) is 0 Å². The van der Waals surface area contributed by atoms with Crippen LogP contribution < -0.4 is 5.32 Å². The predicted octanol–water partition coefficient (Wildman–Crippen LogP) is 3.76. The zero-order valence-corrected chi connectivity index (χ0v) is 13.2. The van der Waals surface area contributed by atoms with Gasteiger partial charge in [0.2, 0.25) is 0 Å². The first kappa shape index (κ1) is 16.0. The standard InChI is InChI=1S/C18H21NO3/c1-18(2,3)11-17(21)22-12-16(20)19-15-9-8-13-6-4-5-7-14(13)10-15/h4-10H,11-12H2,1-3H3,(H,19,20). The van der Waals surface area contributed by atoms with Crippen LogP contribution >= 0.6 is 0 Å². The van der Waals surface area contributed by atoms with Crippen molar-refractivity contribution in [1.29, 1.82) is 0 Å². The largest absolute Gasteiger partial charge is 0.456 e. The summed E-state index contributed by atoms with van der Waals surface area (Å²) in [7, 11) is 0. The topological polar surface area (TPSA) is 55.4 Å². The second kappa shape index (κ2) is 6.60. The number of nitrogens with one attached hydrogen (secondary N) is 1. The van der Waals surface area contributed by atoms with Crippen molar-refractivity contribution in [2.75, 3.05) is 11.9 Å². The third-order valence-electron chi connectivity index (χ3n) is 3.07. The van der Waals surface area contributed by atoms with Gasteiger partial charge in [0, 0.05) is 5.69 Å². The summed E-state index contributed by atoms with van der Waals surface area (Å²) in [6.45, 7) is 5.58. The summed E-state index contributed by atoms with van der Waals surface area (Å²) in [6.07, 6.45) is 0.288. The molecule has 0 aliphatic heterocycles. The Hall–Kier alpha value is -2.36. The van der Waals surface area contributed by atoms with Crippen molar-refractivity contribution in [3.8, 4) is 0 Å². The van der Waals surface area contributed by atoms with Gasteiger partial charge in [0.15, 0.2) is 6.61 Å². The minimum Gasteiger partial charge on any atom is -0.456 e. The molecular weight excluding hydrogens is 278 g/mol. The van der Waals surface area contributed by atoms with E-state index in [2.05, 4.69) is 5.32 Å². The summed E-state index contributed by atoms with van der Waals surface area (Å²) in [5.74, 6) is -0.696. The normalized spacial score (nSPS) is 11.2. The number of rotatable bonds is 4. The van der Waals surface area contributed by atoms with Gasteiger partial charge >= 0.3 is 5.97 Å². The summed E-state index contributed by atoms with van der Waals surface area (Å²) in [5, 5.41) is 4.89. The molecule has 0 radical (unpaired) electrons. The van der Waals surface area contributed by atoms with Crippen LogP contribution in [-0.2, 0) is 14.3 Å². The van der Waals surface area contributed by atoms with Gasteiger partial charge in [-0.2, -0.15) is 0 Å². The summed E-state index contributed by atoms with van der Waals surface area (Å²) in [5.41, 5.74) is 0.543. The molecule has 116 valence electrons. The molecule has 0 atom stereocenters. The number of benzene rings is 2. The maximum absolute atomic E-state index is 11.8. The highest BCUT2D eigenvalue weighted by Crippen LogP contribution is 2.20. The molecule has 22 heavy (non-hydrogen) atoms. The highest BCUT2D eigenvalue weighted by atomic mass is 16.5. The SMILES string of the molecule is CC(C)(C)CC(=O)OCC(=O)Nc1ccc2ccccc2c1. The van der Waals surface area contributed by atoms with E-state index in [0.29, 0.717) is 5.69 Å². The van der Waals surface area contributed by atoms with E-state index in [9.17, 15) is 9.59 Å². The van der Waals surface area contributed by atoms with Crippen LogP contribution in [0, 0.1) is 5.41 Å². The van der Waals surface area contributed by atoms with Crippen molar-refractivity contribution in [1.82, 2.24) is 0 Å². The monoisotopic (exact) mass is 299 g/mol. The van der Waals surface area contributed by atoms with Gasteiger partial charge in [0.25, 0.3) is 5.91 Å². The van der Waals surface area contributed by atoms with E-state index >= 15 is 0 Å². The average Bonchev–Trinajstić information content (AvgIpc) is 2.43. The maximum atomic E-state index is 11.8. The summed E-state index contributed by atoms with van der Waals surface area (Å²) >= 11 is 0. The van der Waals surface area contributed by atoms with Gasteiger partial charge in [-0.15, -0.1) is 0 Å². The van der Waals surface area contributed by atoms with Gasteiger partial charge in [-0.1, -0.05) is 51.1 Å². The number of hydrogen-bond donors (Lipinski definition) is 1. The van der Waals surface area contributed by atoms with Crippen LogP contribution in [0.5, 0.6) is 0 Å². The molecule has 0 saturated carbocycles. The third kappa shape index (κ3) is 4.88. The van der Waals surface area contributed by atoms with E-state index in [0.717, 1.165) is 10.8 Å². The van der Waals surface area contributed by atoms with Crippen LogP contribution in [0.2, 0.25) is 0 Å². The van der Waals surface area contributed by atoms with Crippen LogP contribution in [0.1, 0.15) is 27.2 Å². The highest BCUT2D eigenvalue weighted by molar-refractivity contribution is 5.95. The van der Waals surface area contributed by atoms with E-state index in [1.165, 1.54) is 0 Å². The molecule has 0 aliphatic carbocycles. The number of amides is 1. The Kier molecular flexibility index (Phi) is 4.81. The van der Waals surface area contributed by atoms with Crippen molar-refractivity contribution in [3.63, 3.8) is 0 Å². The second-order valence-corrected chi connectivity index (χ2v) is 6.51. The summed E-state index contributed by atoms with van der Waals surface area (Å²) in [4.78, 5) is 23.4. The van der Waals surface area contributed by atoms with E-state index in [1.807, 2.05) is 63.2 Å². The molecule has 4 nitrogen and oxygen atoms in total. The first-order valence-corrected chi connectivity index (χ1v) is 7.28. The molecule has 4 heteroatoms. The zero-order valence-electron chi connectivity index (χ0n) is 13.2. The van der Waals surface area contributed by atoms with Gasteiger partial charge < -0.3 is 10.1 Å². The lowest BCUT2D eigenvalue weighted by molar-refractivity contribution is -0.149. The molecule has 0 spiro atoms. The summed E-state index contributed by atoms with van der Waals surface area (Å²) < 4.78 is 4.99. The van der Waals surface area contributed by atoms with Gasteiger partial charge in [0.05, 0.1) is 6.42 Å². The zero-order chi connectivity index (χ0) is 16.2. The molecule has 1 amide bonds. The number of esters is 1. The number of hydrogen-bond acceptors (Lipinski definition) is 3. The molecule has 0 aliphatic rings. The van der Waals surface area contributed by atoms with Crippen LogP contribution in [0.25, 0.3) is 10.8 Å². The Bertz CT molecular complexity index is 686. The number of ether oxygens (including phenoxy) is 1. The minimum absolute atomic E-state index is 0.147. The Morgan fingerprint density at radius 1 is 1.05 bits per heavy atom. The fraction of sp³-hybridized carbons (Fsp3) is 0.333. The Morgan fingerprint density at radius 2 is 1.73 bits per heavy atom. The number of anilines is 1. The van der Waals surface area contributed by atoms with Crippen molar-refractivity contribution < 1.29 is 14.3 Å². The lowest BCUT2D eigenvalue weighted by Gasteiger charge is -2.16. The number of carbonyl (C=O) groups is 2. The fourth-order valence-electron chi connectivity index (χ4n) is 2.09. The molecule has 0 unspecified atom stereocenters. The lowest BCUT2D eigenvalue weighted by atomic mass is 9.92. The second-order valence-electron chi connectivity index (χ2n) is 6.51. The molecule has 0 fully saturated rings. The summed E-state index contributed by atoms with van der Waals surface area (Å²) in [6, 6.07) is 13.6. The molecule has 2 aromatic carbocycles. The molecule has 0 heterocycles. The van der Waals surface area contributed by atoms with E-state index in [-0.39, 0.29) is 30.3 Å². The molecule has 1 N–H and O–H groups in total. The van der Waals surface area contributed by atoms with Crippen molar-refractivity contribution in [2.24, 2.45) is 5.41 Å². The van der Waals surface area contributed by atoms with Crippen molar-refractivity contribution in [3.05, 3.63) is 42.5 Å². The predicted molar refractivity (Wildman–Crippen MR) is 87.6 cm³/mol. The van der Waals surface area contributed by atoms with Gasteiger partial charge in [0.1, 0.15) is 0 Å². The fourth-order valence-corrected chi connectivity index (χ4v) is 2.09. The highest BCUT2D eigenvalue weighted by Gasteiger charge is 2.17. The van der Waals surface area contributed by atoms with Gasteiger partial charge in [-0.3, -0.25) is 9.59 Å². The minimum atomic E-state index is -0.360. The van der Waals surface area contributed by atoms with Crippen molar-refractivity contribution >= 4 is 28.3 Å². The molecule has 2 aromatic rings. The van der Waals surface area contributed by atoms with Gasteiger partial charge in [-0.05, 0) is 28.3 Å². The third-order valence-corrected chi connectivity index (χ3v) is 3.07. The molecular formula is C18H21NO3. The molecule has 2 rings (SSSR count). The number of fused-ring (bicyclic) bond motifs is 1. The molecule has 0 saturated heterocycles. The van der Waals surface area contributed by atoms with Gasteiger partial charge in [-0.25, -0.2) is 0 Å². The average molecular weight is 299 g/mol. The molecule has 0 bridgehead atoms. The first-order valence-electron chi connectivity index (χ1n) is 7.28. The van der Waals surface area contributed by atoms with E-state index < -0.39 is 0 Å². The van der Waals surface area contributed by atoms with Crippen LogP contribution in [0.15, 0.2) is 42.5 Å². The Morgan fingerprint density at radius 3 is 2.41 bits per heavy atom. The maximum Gasteiger partial charge on any atom is 0.306 e. The van der Waals surface area contributed by atoms with Crippen molar-refractivity contribution in [2.45, 2.75) is 27.2 Å². The Labute approximate surface area is 130 Å². The van der Waals surface area contributed by atoms with Crippen LogP contribution in [0.4, 0.5) is 5.69 Å². The lowest BCUT2D eigenvalue weighted by Crippen LogP contribution is -2.23. The number of carbonyl (C=O) groups excluding carboxylic acids is 2. The van der Waals surface area contributed by atoms with Crippen LogP contribution in [-0.4, -0.2) is 18.5 Å². The molecule has 0 aromatic heterocycles.